The van der Waals surface area contributed by atoms with Crippen molar-refractivity contribution in [1.82, 2.24) is 4.98 Å². The van der Waals surface area contributed by atoms with Gasteiger partial charge in [-0.15, -0.1) is 0 Å². The summed E-state index contributed by atoms with van der Waals surface area (Å²) in [5.74, 6) is -0.0879. The zero-order valence-electron chi connectivity index (χ0n) is 12.7. The predicted octanol–water partition coefficient (Wildman–Crippen LogP) is 5.13. The molecule has 4 heteroatoms. The Morgan fingerprint density at radius 3 is 2.52 bits per heavy atom. The molecule has 2 heterocycles. The fraction of sp³-hybridized carbons (Fsp3) is 0.105. The molecule has 23 heavy (non-hydrogen) atoms. The number of nitrogens with one attached hydrogen (secondary N) is 1. The van der Waals surface area contributed by atoms with Crippen molar-refractivity contribution in [2.24, 2.45) is 0 Å². The molecular formula is C19H16NO2S+. The van der Waals surface area contributed by atoms with Gasteiger partial charge in [0.15, 0.2) is 5.75 Å². The number of rotatable bonds is 3. The highest BCUT2D eigenvalue weighted by Gasteiger charge is 2.33. The predicted molar refractivity (Wildman–Crippen MR) is 95.5 cm³/mol. The minimum atomic E-state index is -0.810. The molecule has 0 aliphatic carbocycles. The molecule has 0 aliphatic rings. The maximum atomic E-state index is 11.9. The summed E-state index contributed by atoms with van der Waals surface area (Å²) >= 11 is 0. The lowest BCUT2D eigenvalue weighted by molar-refractivity contribution is 0.0701. The van der Waals surface area contributed by atoms with E-state index in [9.17, 15) is 9.90 Å². The third kappa shape index (κ3) is 2.14. The van der Waals surface area contributed by atoms with Crippen LogP contribution < -0.4 is 0 Å². The molecule has 0 aliphatic heterocycles. The molecule has 0 bridgehead atoms. The number of hydrogen-bond acceptors (Lipinski definition) is 1. The molecule has 0 saturated carbocycles. The number of aromatic carboxylic acids is 1. The number of benzene rings is 2. The number of hydrogen-bond donors (Lipinski definition) is 2. The van der Waals surface area contributed by atoms with Crippen LogP contribution in [-0.2, 0) is 5.75 Å². The molecule has 0 spiro atoms. The number of carboxylic acid groups (broad SMARTS) is 1. The fourth-order valence-electron chi connectivity index (χ4n) is 3.23. The van der Waals surface area contributed by atoms with Crippen LogP contribution >= 0.6 is 10.5 Å². The van der Waals surface area contributed by atoms with Crippen LogP contribution in [0.15, 0.2) is 54.6 Å². The Kier molecular flexibility index (Phi) is 3.20. The highest BCUT2D eigenvalue weighted by Crippen LogP contribution is 2.45. The molecule has 2 aromatic heterocycles. The molecule has 1 unspecified atom stereocenters. The Morgan fingerprint density at radius 2 is 1.78 bits per heavy atom. The van der Waals surface area contributed by atoms with Crippen molar-refractivity contribution in [3.63, 3.8) is 0 Å². The summed E-state index contributed by atoms with van der Waals surface area (Å²) in [6.07, 6.45) is 0. The normalized spacial score (nSPS) is 12.1. The smallest absolute Gasteiger partial charge is 0.389 e. The number of para-hydroxylation sites is 1. The molecule has 3 nitrogen and oxygen atoms in total. The van der Waals surface area contributed by atoms with Crippen LogP contribution in [-0.4, -0.2) is 16.1 Å². The van der Waals surface area contributed by atoms with E-state index < -0.39 is 16.4 Å². The van der Waals surface area contributed by atoms with Gasteiger partial charge in [-0.3, -0.25) is 0 Å². The van der Waals surface area contributed by atoms with Crippen molar-refractivity contribution < 1.29 is 9.90 Å². The van der Waals surface area contributed by atoms with E-state index in [-0.39, 0.29) is 0 Å². The molecule has 0 amide bonds. The van der Waals surface area contributed by atoms with E-state index in [2.05, 4.69) is 23.2 Å². The molecule has 4 rings (SSSR count). The summed E-state index contributed by atoms with van der Waals surface area (Å²) < 4.78 is 0. The van der Waals surface area contributed by atoms with Crippen LogP contribution in [0.5, 0.6) is 0 Å². The van der Waals surface area contributed by atoms with Gasteiger partial charge in [0.25, 0.3) is 9.71 Å². The number of carboxylic acids is 1. The number of H-pyrrole nitrogens is 1. The maximum Gasteiger partial charge on any atom is 0.389 e. The lowest BCUT2D eigenvalue weighted by Gasteiger charge is -1.96. The standard InChI is InChI=1S/C19H15NO2S/c1-12-16-14-9-5-6-10-15(14)20-18(16)23(17(12)19(21)22)11-13-7-3-2-4-8-13/h2-10,20H,11H2,1H3/p+1. The molecule has 4 aromatic rings. The summed E-state index contributed by atoms with van der Waals surface area (Å²) in [6.45, 7) is 1.93. The number of aryl methyl sites for hydroxylation is 1. The third-order valence-corrected chi connectivity index (χ3v) is 6.62. The van der Waals surface area contributed by atoms with Crippen molar-refractivity contribution in [2.75, 3.05) is 0 Å². The van der Waals surface area contributed by atoms with Crippen LogP contribution in [0.3, 0.4) is 0 Å². The molecule has 0 saturated heterocycles. The minimum Gasteiger partial charge on any atom is -0.474 e. The Hall–Kier alpha value is -2.59. The van der Waals surface area contributed by atoms with Gasteiger partial charge in [0.05, 0.1) is 10.9 Å². The van der Waals surface area contributed by atoms with E-state index in [4.69, 9.17) is 0 Å². The van der Waals surface area contributed by atoms with Gasteiger partial charge in [-0.1, -0.05) is 48.5 Å². The van der Waals surface area contributed by atoms with E-state index in [1.165, 1.54) is 0 Å². The van der Waals surface area contributed by atoms with Crippen LogP contribution in [0.1, 0.15) is 20.8 Å². The molecular weight excluding hydrogens is 306 g/mol. The van der Waals surface area contributed by atoms with Gasteiger partial charge >= 0.3 is 5.97 Å². The van der Waals surface area contributed by atoms with Crippen LogP contribution in [0, 0.1) is 6.92 Å². The first kappa shape index (κ1) is 14.0. The average Bonchev–Trinajstić information content (AvgIpc) is 3.05. The molecule has 1 atom stereocenters. The summed E-state index contributed by atoms with van der Waals surface area (Å²) in [6, 6.07) is 18.2. The van der Waals surface area contributed by atoms with Crippen LogP contribution in [0.25, 0.3) is 21.1 Å². The number of aromatic nitrogens is 1. The van der Waals surface area contributed by atoms with Gasteiger partial charge < -0.3 is 10.1 Å². The second kappa shape index (κ2) is 5.25. The van der Waals surface area contributed by atoms with E-state index in [0.717, 1.165) is 38.0 Å². The highest BCUT2D eigenvalue weighted by molar-refractivity contribution is 7.38. The number of fused-ring (bicyclic) bond motifs is 3. The van der Waals surface area contributed by atoms with E-state index >= 15 is 0 Å². The molecule has 2 N–H and O–H groups in total. The quantitative estimate of drug-likeness (QED) is 0.514. The highest BCUT2D eigenvalue weighted by atomic mass is 32.2. The molecule has 0 radical (unpaired) electrons. The number of thiophene rings is 1. The first-order valence-electron chi connectivity index (χ1n) is 7.47. The van der Waals surface area contributed by atoms with Gasteiger partial charge in [0, 0.05) is 27.0 Å². The third-order valence-electron chi connectivity index (χ3n) is 4.23. The maximum absolute atomic E-state index is 11.9. The summed E-state index contributed by atoms with van der Waals surface area (Å²) in [4.78, 5) is 16.9. The summed E-state index contributed by atoms with van der Waals surface area (Å²) in [5, 5.41) is 11.9. The Bertz CT molecular complexity index is 1030. The molecule has 114 valence electrons. The van der Waals surface area contributed by atoms with Gasteiger partial charge in [-0.25, -0.2) is 4.79 Å². The first-order chi connectivity index (χ1) is 11.2. The van der Waals surface area contributed by atoms with Crippen molar-refractivity contribution in [2.45, 2.75) is 12.7 Å². The monoisotopic (exact) mass is 322 g/mol. The van der Waals surface area contributed by atoms with Crippen molar-refractivity contribution in [1.29, 1.82) is 0 Å². The van der Waals surface area contributed by atoms with Gasteiger partial charge in [0.2, 0.25) is 0 Å². The van der Waals surface area contributed by atoms with Gasteiger partial charge in [0.1, 0.15) is 0 Å². The lowest BCUT2D eigenvalue weighted by atomic mass is 10.1. The summed E-state index contributed by atoms with van der Waals surface area (Å²) in [7, 11) is -0.459. The zero-order chi connectivity index (χ0) is 16.0. The summed E-state index contributed by atoms with van der Waals surface area (Å²) in [5.41, 5.74) is 3.13. The molecule has 2 aromatic carbocycles. The lowest BCUT2D eigenvalue weighted by Crippen LogP contribution is -1.97. The largest absolute Gasteiger partial charge is 0.474 e. The van der Waals surface area contributed by atoms with Crippen molar-refractivity contribution in [3.8, 4) is 0 Å². The van der Waals surface area contributed by atoms with Crippen molar-refractivity contribution >= 4 is 37.6 Å². The van der Waals surface area contributed by atoms with E-state index in [1.807, 2.05) is 43.3 Å². The second-order valence-electron chi connectivity index (χ2n) is 5.65. The Morgan fingerprint density at radius 1 is 1.09 bits per heavy atom. The van der Waals surface area contributed by atoms with Gasteiger partial charge in [-0.2, -0.15) is 0 Å². The van der Waals surface area contributed by atoms with Crippen LogP contribution in [0.4, 0.5) is 0 Å². The number of carbonyl (C=O) groups is 1. The van der Waals surface area contributed by atoms with Crippen molar-refractivity contribution in [3.05, 3.63) is 70.6 Å². The zero-order valence-corrected chi connectivity index (χ0v) is 13.5. The molecule has 0 fully saturated rings. The Labute approximate surface area is 136 Å². The first-order valence-corrected chi connectivity index (χ1v) is 8.86. The SMILES string of the molecule is Cc1c(C(=O)O)[s+](Cc2ccccc2)c2[nH]c3ccccc3c12. The number of aromatic amines is 1. The minimum absolute atomic E-state index is 0.459. The topological polar surface area (TPSA) is 53.1 Å². The fourth-order valence-corrected chi connectivity index (χ4v) is 5.67. The van der Waals surface area contributed by atoms with Crippen LogP contribution in [0.2, 0.25) is 0 Å². The average molecular weight is 322 g/mol. The van der Waals surface area contributed by atoms with E-state index in [1.54, 1.807) is 0 Å². The van der Waals surface area contributed by atoms with E-state index in [0.29, 0.717) is 4.88 Å². The second-order valence-corrected chi connectivity index (χ2v) is 7.54. The van der Waals surface area contributed by atoms with Gasteiger partial charge in [-0.05, 0) is 13.0 Å². The Balaban J connectivity index is 2.04.